The standard InChI is InChI=1S/C68H52N2/c1-67(2)57-23-11-15-27-61(57)69(62-28-16-12-24-58(62)67)51-39-41-53-55(43-51)65(49-35-31-47(32-36-49)45-19-7-5-8-20-45)54-42-40-52(44-56(54)66(53)50-37-33-48(34-38-50)46-21-9-6-10-22-46)70-63-29-17-13-25-59(63)68(3,4)60-26-14-18-30-64(60)70/h5-44H,1-4H3. The Morgan fingerprint density at radius 2 is 0.514 bits per heavy atom. The van der Waals surface area contributed by atoms with Crippen LogP contribution in [0.25, 0.3) is 66.1 Å². The van der Waals surface area contributed by atoms with E-state index in [1.54, 1.807) is 0 Å². The highest BCUT2D eigenvalue weighted by molar-refractivity contribution is 6.23. The van der Waals surface area contributed by atoms with Gasteiger partial charge in [0.2, 0.25) is 0 Å². The Balaban J connectivity index is 1.11. The van der Waals surface area contributed by atoms with Gasteiger partial charge in [-0.3, -0.25) is 0 Å². The number of nitrogens with zero attached hydrogens (tertiary/aromatic N) is 2. The predicted molar refractivity (Wildman–Crippen MR) is 297 cm³/mol. The minimum absolute atomic E-state index is 0.162. The summed E-state index contributed by atoms with van der Waals surface area (Å²) in [6.07, 6.45) is 0. The number of benzene rings is 11. The molecule has 2 heteroatoms. The fraction of sp³-hybridized carbons (Fsp3) is 0.0882. The van der Waals surface area contributed by atoms with Crippen molar-refractivity contribution in [2.24, 2.45) is 0 Å². The topological polar surface area (TPSA) is 6.48 Å². The Bertz CT molecular complexity index is 3460. The van der Waals surface area contributed by atoms with Crippen LogP contribution >= 0.6 is 0 Å². The van der Waals surface area contributed by atoms with Gasteiger partial charge in [0.25, 0.3) is 0 Å². The van der Waals surface area contributed by atoms with E-state index in [1.807, 2.05) is 0 Å². The lowest BCUT2D eigenvalue weighted by atomic mass is 9.73. The van der Waals surface area contributed by atoms with Crippen LogP contribution in [0.3, 0.4) is 0 Å². The third-order valence-electron chi connectivity index (χ3n) is 15.4. The van der Waals surface area contributed by atoms with E-state index in [4.69, 9.17) is 0 Å². The SMILES string of the molecule is CC1(C)c2ccccc2N(c2ccc3c(-c4ccc(-c5ccccc5)cc4)c4cc(N5c6ccccc6C(C)(C)c6ccccc65)ccc4c(-c4ccc(-c5ccccc5)cc4)c3c2)c2ccccc21. The van der Waals surface area contributed by atoms with Crippen LogP contribution in [0.15, 0.2) is 243 Å². The number of anilines is 6. The van der Waals surface area contributed by atoms with E-state index in [0.717, 1.165) is 11.4 Å². The molecule has 11 aromatic rings. The molecule has 2 heterocycles. The molecular weight excluding hydrogens is 845 g/mol. The van der Waals surface area contributed by atoms with Crippen LogP contribution in [0, 0.1) is 0 Å². The lowest BCUT2D eigenvalue weighted by Crippen LogP contribution is -2.30. The van der Waals surface area contributed by atoms with Crippen LogP contribution in [-0.2, 0) is 10.8 Å². The number of fused-ring (bicyclic) bond motifs is 6. The molecule has 0 aromatic heterocycles. The molecule has 11 aromatic carbocycles. The average molecular weight is 897 g/mol. The molecule has 0 saturated carbocycles. The molecule has 2 nitrogen and oxygen atoms in total. The quantitative estimate of drug-likeness (QED) is 0.153. The Morgan fingerprint density at radius 1 is 0.243 bits per heavy atom. The van der Waals surface area contributed by atoms with Gasteiger partial charge >= 0.3 is 0 Å². The van der Waals surface area contributed by atoms with Gasteiger partial charge in [-0.1, -0.05) is 222 Å². The summed E-state index contributed by atoms with van der Waals surface area (Å²) in [6.45, 7) is 9.43. The van der Waals surface area contributed by atoms with Gasteiger partial charge in [-0.25, -0.2) is 0 Å². The van der Waals surface area contributed by atoms with Gasteiger partial charge < -0.3 is 9.80 Å². The van der Waals surface area contributed by atoms with E-state index in [-0.39, 0.29) is 10.8 Å². The second-order valence-corrected chi connectivity index (χ2v) is 20.1. The first kappa shape index (κ1) is 41.7. The number of rotatable bonds is 6. The third kappa shape index (κ3) is 6.47. The minimum atomic E-state index is -0.162. The average Bonchev–Trinajstić information content (AvgIpc) is 3.41. The molecule has 0 amide bonds. The predicted octanol–water partition coefficient (Wildman–Crippen LogP) is 18.9. The second kappa shape index (κ2) is 16.1. The van der Waals surface area contributed by atoms with E-state index in [1.165, 1.54) is 111 Å². The van der Waals surface area contributed by atoms with E-state index < -0.39 is 0 Å². The van der Waals surface area contributed by atoms with Gasteiger partial charge in [-0.05, 0) is 137 Å². The van der Waals surface area contributed by atoms with Crippen LogP contribution in [0.4, 0.5) is 34.1 Å². The lowest BCUT2D eigenvalue weighted by molar-refractivity contribution is 0.632. The first-order valence-corrected chi connectivity index (χ1v) is 24.6. The smallest absolute Gasteiger partial charge is 0.0502 e. The van der Waals surface area contributed by atoms with Crippen LogP contribution in [0.1, 0.15) is 49.9 Å². The van der Waals surface area contributed by atoms with Crippen LogP contribution < -0.4 is 9.80 Å². The largest absolute Gasteiger partial charge is 0.310 e. The molecule has 2 aliphatic heterocycles. The van der Waals surface area contributed by atoms with E-state index in [9.17, 15) is 0 Å². The Kier molecular flexibility index (Phi) is 9.58. The molecule has 0 N–H and O–H groups in total. The lowest BCUT2D eigenvalue weighted by Gasteiger charge is -2.42. The maximum absolute atomic E-state index is 2.49. The highest BCUT2D eigenvalue weighted by atomic mass is 15.2. The maximum Gasteiger partial charge on any atom is 0.0502 e. The molecule has 70 heavy (non-hydrogen) atoms. The van der Waals surface area contributed by atoms with Gasteiger partial charge in [-0.15, -0.1) is 0 Å². The highest BCUT2D eigenvalue weighted by Crippen LogP contribution is 2.55. The van der Waals surface area contributed by atoms with Crippen molar-refractivity contribution in [1.29, 1.82) is 0 Å². The summed E-state index contributed by atoms with van der Waals surface area (Å²) < 4.78 is 0. The van der Waals surface area contributed by atoms with Crippen molar-refractivity contribution in [3.05, 3.63) is 265 Å². The molecule has 0 aliphatic carbocycles. The summed E-state index contributed by atoms with van der Waals surface area (Å²) in [5, 5.41) is 4.84. The molecule has 2 aliphatic rings. The van der Waals surface area contributed by atoms with E-state index in [0.29, 0.717) is 0 Å². The van der Waals surface area contributed by atoms with Gasteiger partial charge in [-0.2, -0.15) is 0 Å². The molecule has 0 spiro atoms. The molecule has 0 saturated heterocycles. The van der Waals surface area contributed by atoms with Crippen molar-refractivity contribution in [3.8, 4) is 44.5 Å². The first-order chi connectivity index (χ1) is 34.3. The molecule has 0 fully saturated rings. The normalized spacial score (nSPS) is 14.2. The van der Waals surface area contributed by atoms with Crippen molar-refractivity contribution in [2.75, 3.05) is 9.80 Å². The number of hydrogen-bond acceptors (Lipinski definition) is 2. The van der Waals surface area contributed by atoms with Crippen LogP contribution in [0.5, 0.6) is 0 Å². The molecule has 13 rings (SSSR count). The molecule has 334 valence electrons. The minimum Gasteiger partial charge on any atom is -0.310 e. The Morgan fingerprint density at radius 3 is 0.843 bits per heavy atom. The van der Waals surface area contributed by atoms with Gasteiger partial charge in [0.1, 0.15) is 0 Å². The highest BCUT2D eigenvalue weighted by Gasteiger charge is 2.38. The zero-order chi connectivity index (χ0) is 47.1. The first-order valence-electron chi connectivity index (χ1n) is 24.6. The third-order valence-corrected chi connectivity index (χ3v) is 15.4. The second-order valence-electron chi connectivity index (χ2n) is 20.1. The summed E-state index contributed by atoms with van der Waals surface area (Å²) in [5.41, 5.74) is 21.7. The molecule has 0 radical (unpaired) electrons. The molecule has 0 unspecified atom stereocenters. The summed E-state index contributed by atoms with van der Waals surface area (Å²) in [4.78, 5) is 4.98. The molecule has 0 bridgehead atoms. The van der Waals surface area contributed by atoms with Gasteiger partial charge in [0, 0.05) is 22.2 Å². The van der Waals surface area contributed by atoms with Gasteiger partial charge in [0.05, 0.1) is 22.7 Å². The Labute approximate surface area is 411 Å². The van der Waals surface area contributed by atoms with Crippen molar-refractivity contribution in [1.82, 2.24) is 0 Å². The van der Waals surface area contributed by atoms with Gasteiger partial charge in [0.15, 0.2) is 0 Å². The van der Waals surface area contributed by atoms with Crippen LogP contribution in [0.2, 0.25) is 0 Å². The zero-order valence-corrected chi connectivity index (χ0v) is 40.0. The Hall–Kier alpha value is -8.46. The monoisotopic (exact) mass is 896 g/mol. The number of hydrogen-bond donors (Lipinski definition) is 0. The maximum atomic E-state index is 2.49. The zero-order valence-electron chi connectivity index (χ0n) is 40.0. The molecule has 0 atom stereocenters. The molecular formula is C68H52N2. The summed E-state index contributed by atoms with van der Waals surface area (Å²) in [6, 6.07) is 90.2. The van der Waals surface area contributed by atoms with Crippen LogP contribution in [-0.4, -0.2) is 0 Å². The van der Waals surface area contributed by atoms with E-state index >= 15 is 0 Å². The van der Waals surface area contributed by atoms with Crippen molar-refractivity contribution < 1.29 is 0 Å². The summed E-state index contributed by atoms with van der Waals surface area (Å²) in [7, 11) is 0. The summed E-state index contributed by atoms with van der Waals surface area (Å²) in [5.74, 6) is 0. The number of para-hydroxylation sites is 4. The summed E-state index contributed by atoms with van der Waals surface area (Å²) >= 11 is 0. The fourth-order valence-electron chi connectivity index (χ4n) is 11.9. The van der Waals surface area contributed by atoms with Crippen molar-refractivity contribution >= 4 is 55.7 Å². The van der Waals surface area contributed by atoms with E-state index in [2.05, 4.69) is 280 Å². The van der Waals surface area contributed by atoms with Crippen molar-refractivity contribution in [3.63, 3.8) is 0 Å². The van der Waals surface area contributed by atoms with Crippen molar-refractivity contribution in [2.45, 2.75) is 38.5 Å². The fourth-order valence-corrected chi connectivity index (χ4v) is 11.9.